The van der Waals surface area contributed by atoms with Crippen molar-refractivity contribution >= 4 is 11.3 Å². The molecule has 2 aromatic rings. The van der Waals surface area contributed by atoms with Gasteiger partial charge >= 0.3 is 0 Å². The zero-order chi connectivity index (χ0) is 11.5. The number of aromatic nitrogens is 1. The van der Waals surface area contributed by atoms with Gasteiger partial charge in [0.05, 0.1) is 5.69 Å². The Bertz CT molecular complexity index is 498. The van der Waals surface area contributed by atoms with E-state index in [1.807, 2.05) is 5.38 Å². The summed E-state index contributed by atoms with van der Waals surface area (Å²) in [6, 6.07) is 4.94. The number of benzene rings is 1. The molecule has 0 aliphatic heterocycles. The molecule has 5 heteroatoms. The summed E-state index contributed by atoms with van der Waals surface area (Å²) in [4.78, 5) is 8.84. The van der Waals surface area contributed by atoms with Crippen molar-refractivity contribution in [3.63, 3.8) is 0 Å². The van der Waals surface area contributed by atoms with Crippen molar-refractivity contribution in [1.82, 2.24) is 4.98 Å². The average molecular weight is 238 g/mol. The molecule has 84 valence electrons. The number of aryl methyl sites for hydroxylation is 1. The highest BCUT2D eigenvalue weighted by atomic mass is 32.1. The van der Waals surface area contributed by atoms with Crippen molar-refractivity contribution in [2.75, 3.05) is 0 Å². The predicted octanol–water partition coefficient (Wildman–Crippen LogP) is 2.65. The van der Waals surface area contributed by atoms with Crippen molar-refractivity contribution in [2.45, 2.75) is 13.5 Å². The molecule has 0 atom stereocenters. The van der Waals surface area contributed by atoms with Crippen molar-refractivity contribution in [2.24, 2.45) is 5.90 Å². The Balaban J connectivity index is 2.31. The van der Waals surface area contributed by atoms with E-state index >= 15 is 0 Å². The molecule has 0 amide bonds. The number of halogens is 1. The van der Waals surface area contributed by atoms with Crippen LogP contribution in [0.15, 0.2) is 23.6 Å². The van der Waals surface area contributed by atoms with Crippen LogP contribution in [0.3, 0.4) is 0 Å². The summed E-state index contributed by atoms with van der Waals surface area (Å²) in [6.07, 6.45) is 0. The van der Waals surface area contributed by atoms with Crippen LogP contribution in [0.2, 0.25) is 0 Å². The van der Waals surface area contributed by atoms with E-state index in [9.17, 15) is 4.39 Å². The first-order chi connectivity index (χ1) is 7.70. The first-order valence-corrected chi connectivity index (χ1v) is 5.61. The first kappa shape index (κ1) is 11.2. The number of hydrogen-bond donors (Lipinski definition) is 1. The van der Waals surface area contributed by atoms with Gasteiger partial charge in [0.25, 0.3) is 0 Å². The molecule has 0 aliphatic rings. The summed E-state index contributed by atoms with van der Waals surface area (Å²) in [7, 11) is 0. The van der Waals surface area contributed by atoms with Gasteiger partial charge in [-0.05, 0) is 30.7 Å². The van der Waals surface area contributed by atoms with Gasteiger partial charge in [0.2, 0.25) is 0 Å². The van der Waals surface area contributed by atoms with Crippen molar-refractivity contribution in [3.05, 3.63) is 40.0 Å². The zero-order valence-corrected chi connectivity index (χ0v) is 9.55. The maximum atomic E-state index is 13.1. The first-order valence-electron chi connectivity index (χ1n) is 4.73. The number of rotatable bonds is 3. The minimum absolute atomic E-state index is 0.204. The third kappa shape index (κ3) is 2.27. The van der Waals surface area contributed by atoms with E-state index in [1.165, 1.54) is 17.4 Å². The standard InChI is InChI=1S/C11H11FN2OS/c1-7-4-8(2-3-9(7)12)10-6-16-11(14-10)5-15-13/h2-4,6H,5,13H2,1H3. The van der Waals surface area contributed by atoms with E-state index in [0.717, 1.165) is 16.3 Å². The van der Waals surface area contributed by atoms with Gasteiger partial charge < -0.3 is 0 Å². The Hall–Kier alpha value is -1.30. The zero-order valence-electron chi connectivity index (χ0n) is 8.74. The van der Waals surface area contributed by atoms with Crippen LogP contribution in [-0.2, 0) is 11.4 Å². The van der Waals surface area contributed by atoms with E-state index < -0.39 is 0 Å². The predicted molar refractivity (Wildman–Crippen MR) is 61.2 cm³/mol. The second kappa shape index (κ2) is 4.69. The molecule has 3 nitrogen and oxygen atoms in total. The van der Waals surface area contributed by atoms with Crippen LogP contribution < -0.4 is 5.90 Å². The molecule has 0 radical (unpaired) electrons. The van der Waals surface area contributed by atoms with E-state index in [-0.39, 0.29) is 5.82 Å². The molecule has 0 bridgehead atoms. The normalized spacial score (nSPS) is 10.7. The molecule has 1 heterocycles. The number of nitrogens with two attached hydrogens (primary N) is 1. The van der Waals surface area contributed by atoms with Crippen LogP contribution >= 0.6 is 11.3 Å². The highest BCUT2D eigenvalue weighted by molar-refractivity contribution is 7.09. The summed E-state index contributed by atoms with van der Waals surface area (Å²) in [5.74, 6) is 4.77. The quantitative estimate of drug-likeness (QED) is 0.836. The lowest BCUT2D eigenvalue weighted by Crippen LogP contribution is -1.98. The maximum Gasteiger partial charge on any atom is 0.126 e. The fourth-order valence-corrected chi connectivity index (χ4v) is 2.11. The number of thiazole rings is 1. The van der Waals surface area contributed by atoms with Crippen LogP contribution in [0.1, 0.15) is 10.6 Å². The van der Waals surface area contributed by atoms with Gasteiger partial charge in [0, 0.05) is 10.9 Å². The lowest BCUT2D eigenvalue weighted by Gasteiger charge is -1.99. The number of hydrogen-bond acceptors (Lipinski definition) is 4. The van der Waals surface area contributed by atoms with Crippen molar-refractivity contribution < 1.29 is 9.23 Å². The van der Waals surface area contributed by atoms with Gasteiger partial charge in [-0.15, -0.1) is 11.3 Å². The van der Waals surface area contributed by atoms with Crippen molar-refractivity contribution in [1.29, 1.82) is 0 Å². The molecule has 2 N–H and O–H groups in total. The summed E-state index contributed by atoms with van der Waals surface area (Å²) in [5.41, 5.74) is 2.33. The molecule has 0 aliphatic carbocycles. The Morgan fingerprint density at radius 1 is 1.50 bits per heavy atom. The topological polar surface area (TPSA) is 48.1 Å². The molecule has 0 saturated carbocycles. The minimum atomic E-state index is -0.204. The van der Waals surface area contributed by atoms with Crippen molar-refractivity contribution in [3.8, 4) is 11.3 Å². The Labute approximate surface area is 96.7 Å². The Kier molecular flexibility index (Phi) is 3.28. The molecular weight excluding hydrogens is 227 g/mol. The summed E-state index contributed by atoms with van der Waals surface area (Å²) in [6.45, 7) is 2.03. The largest absolute Gasteiger partial charge is 0.297 e. The fraction of sp³-hybridized carbons (Fsp3) is 0.182. The monoisotopic (exact) mass is 238 g/mol. The molecule has 1 aromatic heterocycles. The van der Waals surface area contributed by atoms with Gasteiger partial charge in [-0.25, -0.2) is 15.3 Å². The average Bonchev–Trinajstić information content (AvgIpc) is 2.71. The second-order valence-corrected chi connectivity index (χ2v) is 4.34. The molecule has 0 fully saturated rings. The van der Waals surface area contributed by atoms with Gasteiger partial charge in [-0.1, -0.05) is 0 Å². The van der Waals surface area contributed by atoms with E-state index in [1.54, 1.807) is 19.1 Å². The maximum absolute atomic E-state index is 13.1. The van der Waals surface area contributed by atoms with Crippen LogP contribution in [0.5, 0.6) is 0 Å². The van der Waals surface area contributed by atoms with Gasteiger partial charge in [-0.3, -0.25) is 4.84 Å². The summed E-state index contributed by atoms with van der Waals surface area (Å²) in [5, 5.41) is 2.71. The highest BCUT2D eigenvalue weighted by Crippen LogP contribution is 2.23. The molecule has 0 saturated heterocycles. The smallest absolute Gasteiger partial charge is 0.126 e. The van der Waals surface area contributed by atoms with E-state index in [2.05, 4.69) is 9.82 Å². The summed E-state index contributed by atoms with van der Waals surface area (Å²) < 4.78 is 13.1. The van der Waals surface area contributed by atoms with Crippen LogP contribution in [0.4, 0.5) is 4.39 Å². The fourth-order valence-electron chi connectivity index (χ4n) is 1.39. The lowest BCUT2D eigenvalue weighted by atomic mass is 10.1. The third-order valence-electron chi connectivity index (χ3n) is 2.21. The van der Waals surface area contributed by atoms with E-state index in [0.29, 0.717) is 12.2 Å². The Morgan fingerprint density at radius 3 is 3.00 bits per heavy atom. The van der Waals surface area contributed by atoms with E-state index in [4.69, 9.17) is 5.90 Å². The molecule has 0 spiro atoms. The minimum Gasteiger partial charge on any atom is -0.297 e. The summed E-state index contributed by atoms with van der Waals surface area (Å²) >= 11 is 1.47. The van der Waals surface area contributed by atoms with Gasteiger partial charge in [0.15, 0.2) is 0 Å². The SMILES string of the molecule is Cc1cc(-c2csc(CON)n2)ccc1F. The van der Waals surface area contributed by atoms with Gasteiger partial charge in [-0.2, -0.15) is 0 Å². The van der Waals surface area contributed by atoms with Crippen LogP contribution in [0.25, 0.3) is 11.3 Å². The van der Waals surface area contributed by atoms with Gasteiger partial charge in [0.1, 0.15) is 17.4 Å². The molecule has 16 heavy (non-hydrogen) atoms. The Morgan fingerprint density at radius 2 is 2.31 bits per heavy atom. The molecule has 0 unspecified atom stereocenters. The molecular formula is C11H11FN2OS. The highest BCUT2D eigenvalue weighted by Gasteiger charge is 2.06. The second-order valence-electron chi connectivity index (χ2n) is 3.40. The molecule has 1 aromatic carbocycles. The van der Waals surface area contributed by atoms with Crippen LogP contribution in [-0.4, -0.2) is 4.98 Å². The molecule has 2 rings (SSSR count). The third-order valence-corrected chi connectivity index (χ3v) is 3.03. The van der Waals surface area contributed by atoms with Crippen LogP contribution in [0, 0.1) is 12.7 Å². The lowest BCUT2D eigenvalue weighted by molar-refractivity contribution is 0.124. The number of nitrogens with zero attached hydrogens (tertiary/aromatic N) is 1.